The van der Waals surface area contributed by atoms with Gasteiger partial charge in [0.25, 0.3) is 0 Å². The molecule has 2 aromatic rings. The Kier molecular flexibility index (Phi) is 3.83. The van der Waals surface area contributed by atoms with Crippen molar-refractivity contribution in [3.05, 3.63) is 29.5 Å². The molecule has 5 rings (SSSR count). The van der Waals surface area contributed by atoms with Crippen molar-refractivity contribution in [1.29, 1.82) is 0 Å². The number of hydrogen-bond donors (Lipinski definition) is 1. The number of ether oxygens (including phenoxy) is 2. The third-order valence-electron chi connectivity index (χ3n) is 6.19. The first kappa shape index (κ1) is 16.5. The number of H-pyrrole nitrogens is 1. The molecule has 1 aromatic carbocycles. The second kappa shape index (κ2) is 5.80. The summed E-state index contributed by atoms with van der Waals surface area (Å²) in [4.78, 5) is 15.9. The summed E-state index contributed by atoms with van der Waals surface area (Å²) in [6, 6.07) is 3.94. The first-order valence-electron chi connectivity index (χ1n) is 8.92. The Hall–Kier alpha value is -1.95. The number of nitrogens with zero attached hydrogens (tertiary/aromatic N) is 1. The Bertz CT molecular complexity index is 805. The van der Waals surface area contributed by atoms with Gasteiger partial charge in [-0.2, -0.15) is 0 Å². The zero-order chi connectivity index (χ0) is 17.7. The maximum absolute atomic E-state index is 12.7. The highest BCUT2D eigenvalue weighted by atomic mass is 16.5. The molecule has 3 aliphatic rings. The molecule has 2 bridgehead atoms. The van der Waals surface area contributed by atoms with E-state index in [2.05, 4.69) is 4.98 Å². The molecule has 0 amide bonds. The molecule has 3 aliphatic heterocycles. The predicted octanol–water partition coefficient (Wildman–Crippen LogP) is 2.73. The number of fused-ring (bicyclic) bond motifs is 4. The number of aryl methyl sites for hydroxylation is 1. The molecule has 1 N–H and O–H groups in total. The number of rotatable bonds is 4. The average molecular weight is 339 g/mol. The summed E-state index contributed by atoms with van der Waals surface area (Å²) >= 11 is 0. The molecule has 6 heteroatoms. The number of piperidine rings is 3. The van der Waals surface area contributed by atoms with Crippen LogP contribution in [0.15, 0.2) is 18.3 Å². The Morgan fingerprint density at radius 1 is 1.28 bits per heavy atom. The molecule has 0 saturated carbocycles. The van der Waals surface area contributed by atoms with Gasteiger partial charge in [0.2, 0.25) is 0 Å². The molecule has 1 aromatic heterocycles. The fourth-order valence-corrected chi connectivity index (χ4v) is 4.32. The highest BCUT2D eigenvalue weighted by Gasteiger charge is 2.47. The number of carbonyl (C=O) groups is 1. The zero-order valence-electron chi connectivity index (χ0n) is 14.9. The van der Waals surface area contributed by atoms with E-state index in [0.717, 1.165) is 61.1 Å². The first-order valence-corrected chi connectivity index (χ1v) is 8.92. The van der Waals surface area contributed by atoms with Gasteiger partial charge in [-0.25, -0.2) is 4.79 Å². The van der Waals surface area contributed by atoms with Crippen molar-refractivity contribution < 1.29 is 18.7 Å². The number of aromatic nitrogens is 1. The van der Waals surface area contributed by atoms with Crippen LogP contribution in [0.1, 0.15) is 35.2 Å². The average Bonchev–Trinajstić information content (AvgIpc) is 3.05. The number of esters is 1. The van der Waals surface area contributed by atoms with Crippen molar-refractivity contribution in [2.24, 2.45) is 5.41 Å². The SMILES string of the molecule is [B][N+]12CCC(COC(=O)c3c[nH]c4ccc(C)c(OC)c34)(CC1)CC2. The van der Waals surface area contributed by atoms with Crippen molar-refractivity contribution in [2.75, 3.05) is 33.4 Å². The molecule has 3 fully saturated rings. The van der Waals surface area contributed by atoms with E-state index in [4.69, 9.17) is 17.5 Å². The summed E-state index contributed by atoms with van der Waals surface area (Å²) in [6.07, 6.45) is 4.82. The minimum Gasteiger partial charge on any atom is -0.496 e. The summed E-state index contributed by atoms with van der Waals surface area (Å²) in [6.45, 7) is 5.40. The summed E-state index contributed by atoms with van der Waals surface area (Å²) in [5, 5.41) is 0.801. The van der Waals surface area contributed by atoms with Crippen LogP contribution in [0.5, 0.6) is 5.75 Å². The Balaban J connectivity index is 1.54. The first-order chi connectivity index (χ1) is 12.0. The lowest BCUT2D eigenvalue weighted by atomic mass is 9.70. The third-order valence-corrected chi connectivity index (χ3v) is 6.19. The van der Waals surface area contributed by atoms with Crippen LogP contribution in [0.2, 0.25) is 0 Å². The lowest BCUT2D eigenvalue weighted by molar-refractivity contribution is -0.839. The Labute approximate surface area is 149 Å². The predicted molar refractivity (Wildman–Crippen MR) is 96.8 cm³/mol. The number of aromatic amines is 1. The van der Waals surface area contributed by atoms with Gasteiger partial charge in [-0.15, -0.1) is 0 Å². The maximum atomic E-state index is 12.7. The van der Waals surface area contributed by atoms with E-state index in [0.29, 0.717) is 16.6 Å². The molecule has 0 atom stereocenters. The minimum absolute atomic E-state index is 0.112. The molecule has 0 aliphatic carbocycles. The maximum Gasteiger partial charge on any atom is 0.481 e. The largest absolute Gasteiger partial charge is 0.496 e. The van der Waals surface area contributed by atoms with Crippen molar-refractivity contribution in [3.63, 3.8) is 0 Å². The van der Waals surface area contributed by atoms with E-state index < -0.39 is 0 Å². The summed E-state index contributed by atoms with van der Waals surface area (Å²) in [7, 11) is 7.94. The monoisotopic (exact) mass is 339 g/mol. The van der Waals surface area contributed by atoms with Gasteiger partial charge in [0.05, 0.1) is 49.8 Å². The van der Waals surface area contributed by atoms with E-state index in [9.17, 15) is 4.79 Å². The number of quaternary nitrogens is 1. The zero-order valence-corrected chi connectivity index (χ0v) is 14.9. The van der Waals surface area contributed by atoms with Crippen molar-refractivity contribution in [1.82, 2.24) is 4.98 Å². The second-order valence-corrected chi connectivity index (χ2v) is 7.76. The topological polar surface area (TPSA) is 51.3 Å². The lowest BCUT2D eigenvalue weighted by Gasteiger charge is -2.53. The summed E-state index contributed by atoms with van der Waals surface area (Å²) in [5.41, 5.74) is 2.54. The van der Waals surface area contributed by atoms with Gasteiger partial charge in [0, 0.05) is 30.9 Å². The van der Waals surface area contributed by atoms with Crippen molar-refractivity contribution in [2.45, 2.75) is 26.2 Å². The van der Waals surface area contributed by atoms with E-state index in [1.54, 1.807) is 13.3 Å². The number of hydrogen-bond acceptors (Lipinski definition) is 3. The van der Waals surface area contributed by atoms with Gasteiger partial charge in [-0.1, -0.05) is 6.07 Å². The van der Waals surface area contributed by atoms with Gasteiger partial charge in [-0.3, -0.25) is 0 Å². The molecule has 0 spiro atoms. The van der Waals surface area contributed by atoms with Crippen molar-refractivity contribution >= 4 is 24.9 Å². The van der Waals surface area contributed by atoms with E-state index >= 15 is 0 Å². The van der Waals surface area contributed by atoms with Crippen LogP contribution >= 0.6 is 0 Å². The molecule has 3 saturated heterocycles. The van der Waals surface area contributed by atoms with Gasteiger partial charge < -0.3 is 18.9 Å². The van der Waals surface area contributed by atoms with Gasteiger partial charge in [0.15, 0.2) is 0 Å². The van der Waals surface area contributed by atoms with Crippen LogP contribution in [-0.2, 0) is 4.74 Å². The van der Waals surface area contributed by atoms with E-state index in [1.165, 1.54) is 0 Å². The number of methoxy groups -OCH3 is 1. The van der Waals surface area contributed by atoms with Crippen LogP contribution in [0.3, 0.4) is 0 Å². The molecular weight excluding hydrogens is 315 g/mol. The van der Waals surface area contributed by atoms with Crippen LogP contribution in [-0.4, -0.2) is 56.7 Å². The quantitative estimate of drug-likeness (QED) is 0.688. The Morgan fingerprint density at radius 3 is 2.60 bits per heavy atom. The molecule has 130 valence electrons. The van der Waals surface area contributed by atoms with Gasteiger partial charge in [0.1, 0.15) is 5.75 Å². The smallest absolute Gasteiger partial charge is 0.481 e. The highest BCUT2D eigenvalue weighted by molar-refractivity contribution is 6.07. The van der Waals surface area contributed by atoms with Crippen LogP contribution in [0.25, 0.3) is 10.9 Å². The number of carbonyl (C=O) groups excluding carboxylic acids is 1. The number of benzene rings is 1. The normalized spacial score (nSPS) is 28.2. The second-order valence-electron chi connectivity index (χ2n) is 7.76. The van der Waals surface area contributed by atoms with Crippen LogP contribution < -0.4 is 4.74 Å². The molecule has 4 heterocycles. The van der Waals surface area contributed by atoms with E-state index in [-0.39, 0.29) is 11.4 Å². The lowest BCUT2D eigenvalue weighted by Crippen LogP contribution is -2.61. The summed E-state index contributed by atoms with van der Waals surface area (Å²) < 4.78 is 12.0. The fraction of sp³-hybridized carbons (Fsp3) is 0.526. The van der Waals surface area contributed by atoms with Gasteiger partial charge >= 0.3 is 14.0 Å². The molecular formula is C19H24BN2O3+. The van der Waals surface area contributed by atoms with Crippen LogP contribution in [0.4, 0.5) is 0 Å². The minimum atomic E-state index is -0.283. The summed E-state index contributed by atoms with van der Waals surface area (Å²) in [5.74, 6) is 0.443. The third kappa shape index (κ3) is 2.72. The molecule has 25 heavy (non-hydrogen) atoms. The Morgan fingerprint density at radius 2 is 1.96 bits per heavy atom. The number of nitrogens with one attached hydrogen (secondary N) is 1. The molecule has 5 nitrogen and oxygen atoms in total. The highest BCUT2D eigenvalue weighted by Crippen LogP contribution is 2.43. The molecule has 0 unspecified atom stereocenters. The van der Waals surface area contributed by atoms with Gasteiger partial charge in [-0.05, 0) is 18.6 Å². The van der Waals surface area contributed by atoms with E-state index in [1.807, 2.05) is 19.1 Å². The van der Waals surface area contributed by atoms with Crippen molar-refractivity contribution in [3.8, 4) is 5.75 Å². The standard InChI is InChI=1S/C19H24BN2O3/c1-13-3-4-15-16(17(13)24-2)14(11-21-15)18(23)25-12-19-5-8-22(20,9-6-19)10-7-19/h3-4,11,21H,5-10,12H2,1-2H3/q+1. The molecule has 2 radical (unpaired) electrons. The fourth-order valence-electron chi connectivity index (χ4n) is 4.32. The van der Waals surface area contributed by atoms with Crippen LogP contribution in [0, 0.1) is 12.3 Å².